The van der Waals surface area contributed by atoms with Crippen LogP contribution in [0.1, 0.15) is 66.2 Å². The van der Waals surface area contributed by atoms with Crippen LogP contribution in [0.25, 0.3) is 0 Å². The average Bonchev–Trinajstić information content (AvgIpc) is 2.85. The maximum atomic E-state index is 12.1. The molecule has 0 heterocycles. The molecule has 0 bridgehead atoms. The molecule has 1 fully saturated rings. The number of Topliss-reactive ketones (excluding diaryl/α,β-unsaturated/α-hetero) is 1. The Kier molecular flexibility index (Phi) is 6.50. The summed E-state index contributed by atoms with van der Waals surface area (Å²) in [5.74, 6) is 0.863. The third-order valence-electron chi connectivity index (χ3n) is 3.81. The Morgan fingerprint density at radius 3 is 2.35 bits per heavy atom. The van der Waals surface area contributed by atoms with Gasteiger partial charge in [-0.2, -0.15) is 0 Å². The van der Waals surface area contributed by atoms with Crippen molar-refractivity contribution in [2.75, 3.05) is 6.54 Å². The second kappa shape index (κ2) is 7.65. The molecule has 0 aromatic carbocycles. The Hall–Kier alpha value is -1.06. The zero-order valence-electron chi connectivity index (χ0n) is 13.3. The molecule has 0 aromatic heterocycles. The van der Waals surface area contributed by atoms with Gasteiger partial charge in [0, 0.05) is 18.9 Å². The first-order chi connectivity index (χ1) is 9.31. The van der Waals surface area contributed by atoms with Crippen LogP contribution in [0.15, 0.2) is 0 Å². The molecular weight excluding hydrogens is 254 g/mol. The van der Waals surface area contributed by atoms with Crippen LogP contribution in [-0.4, -0.2) is 24.0 Å². The molecule has 0 spiro atoms. The minimum absolute atomic E-state index is 0.218. The van der Waals surface area contributed by atoms with Gasteiger partial charge in [0.2, 0.25) is 0 Å². The van der Waals surface area contributed by atoms with Crippen molar-refractivity contribution in [2.24, 2.45) is 11.8 Å². The Balaban J connectivity index is 2.31. The molecule has 1 unspecified atom stereocenters. The molecule has 1 aliphatic carbocycles. The summed E-state index contributed by atoms with van der Waals surface area (Å²) in [5.41, 5.74) is -0.481. The number of hydrogen-bond acceptors (Lipinski definition) is 3. The van der Waals surface area contributed by atoms with Crippen molar-refractivity contribution < 1.29 is 14.3 Å². The summed E-state index contributed by atoms with van der Waals surface area (Å²) >= 11 is 0. The number of ether oxygens (including phenoxy) is 1. The van der Waals surface area contributed by atoms with E-state index >= 15 is 0 Å². The predicted molar refractivity (Wildman–Crippen MR) is 79.6 cm³/mol. The maximum Gasteiger partial charge on any atom is 0.407 e. The van der Waals surface area contributed by atoms with Crippen molar-refractivity contribution in [1.82, 2.24) is 5.32 Å². The van der Waals surface area contributed by atoms with Gasteiger partial charge in [-0.15, -0.1) is 0 Å². The van der Waals surface area contributed by atoms with Crippen LogP contribution in [0.4, 0.5) is 4.79 Å². The van der Waals surface area contributed by atoms with E-state index in [-0.39, 0.29) is 11.8 Å². The van der Waals surface area contributed by atoms with E-state index in [0.29, 0.717) is 18.7 Å². The van der Waals surface area contributed by atoms with Gasteiger partial charge >= 0.3 is 6.09 Å². The fourth-order valence-electron chi connectivity index (χ4n) is 2.60. The van der Waals surface area contributed by atoms with E-state index < -0.39 is 11.7 Å². The van der Waals surface area contributed by atoms with E-state index in [9.17, 15) is 9.59 Å². The highest BCUT2D eigenvalue weighted by Crippen LogP contribution is 2.27. The van der Waals surface area contributed by atoms with Crippen LogP contribution in [0.2, 0.25) is 0 Å². The normalized spacial score (nSPS) is 17.8. The predicted octanol–water partition coefficient (Wildman–Crippen LogP) is 3.69. The van der Waals surface area contributed by atoms with E-state index in [4.69, 9.17) is 4.74 Å². The van der Waals surface area contributed by atoms with Gasteiger partial charge in [-0.05, 0) is 39.5 Å². The summed E-state index contributed by atoms with van der Waals surface area (Å²) in [6, 6.07) is 0. The number of alkyl carbamates (subject to hydrolysis) is 1. The number of rotatable bonds is 6. The molecule has 20 heavy (non-hydrogen) atoms. The van der Waals surface area contributed by atoms with Gasteiger partial charge in [0.05, 0.1) is 0 Å². The first kappa shape index (κ1) is 17.0. The molecule has 1 atom stereocenters. The molecule has 1 saturated carbocycles. The summed E-state index contributed by atoms with van der Waals surface area (Å²) in [4.78, 5) is 23.7. The van der Waals surface area contributed by atoms with Gasteiger partial charge < -0.3 is 10.1 Å². The first-order valence-corrected chi connectivity index (χ1v) is 7.81. The SMILES string of the molecule is CCC(CNC(=O)OC(C)(C)C)CC(=O)C1CCCC1. The number of ketones is 1. The summed E-state index contributed by atoms with van der Waals surface area (Å²) in [6.45, 7) is 8.10. The zero-order chi connectivity index (χ0) is 15.2. The third-order valence-corrected chi connectivity index (χ3v) is 3.81. The van der Waals surface area contributed by atoms with Crippen molar-refractivity contribution in [2.45, 2.75) is 71.8 Å². The smallest absolute Gasteiger partial charge is 0.407 e. The molecule has 0 aliphatic heterocycles. The van der Waals surface area contributed by atoms with E-state index in [1.165, 1.54) is 12.8 Å². The average molecular weight is 283 g/mol. The topological polar surface area (TPSA) is 55.4 Å². The summed E-state index contributed by atoms with van der Waals surface area (Å²) in [5, 5.41) is 2.77. The van der Waals surface area contributed by atoms with Gasteiger partial charge in [-0.1, -0.05) is 26.2 Å². The maximum absolute atomic E-state index is 12.1. The Labute approximate surface area is 122 Å². The number of nitrogens with one attached hydrogen (secondary N) is 1. The van der Waals surface area contributed by atoms with Crippen molar-refractivity contribution in [3.63, 3.8) is 0 Å². The Bertz CT molecular complexity index is 327. The van der Waals surface area contributed by atoms with Crippen LogP contribution >= 0.6 is 0 Å². The molecule has 0 aromatic rings. The number of carbonyl (C=O) groups excluding carboxylic acids is 2. The van der Waals surface area contributed by atoms with Crippen LogP contribution < -0.4 is 5.32 Å². The minimum Gasteiger partial charge on any atom is -0.444 e. The number of amides is 1. The second-order valence-corrected chi connectivity index (χ2v) is 6.81. The van der Waals surface area contributed by atoms with Crippen molar-refractivity contribution in [3.05, 3.63) is 0 Å². The molecule has 116 valence electrons. The molecular formula is C16H29NO3. The molecule has 0 radical (unpaired) electrons. The van der Waals surface area contributed by atoms with Crippen LogP contribution in [-0.2, 0) is 9.53 Å². The number of hydrogen-bond donors (Lipinski definition) is 1. The van der Waals surface area contributed by atoms with Gasteiger partial charge in [-0.3, -0.25) is 4.79 Å². The lowest BCUT2D eigenvalue weighted by Gasteiger charge is -2.21. The molecule has 1 aliphatic rings. The highest BCUT2D eigenvalue weighted by atomic mass is 16.6. The first-order valence-electron chi connectivity index (χ1n) is 7.81. The lowest BCUT2D eigenvalue weighted by Crippen LogP contribution is -2.36. The fraction of sp³-hybridized carbons (Fsp3) is 0.875. The van der Waals surface area contributed by atoms with Crippen molar-refractivity contribution >= 4 is 11.9 Å². The summed E-state index contributed by atoms with van der Waals surface area (Å²) in [6.07, 6.45) is 5.55. The lowest BCUT2D eigenvalue weighted by atomic mass is 9.92. The molecule has 1 amide bonds. The quantitative estimate of drug-likeness (QED) is 0.809. The van der Waals surface area contributed by atoms with Gasteiger partial charge in [0.15, 0.2) is 0 Å². The van der Waals surface area contributed by atoms with Crippen LogP contribution in [0.5, 0.6) is 0 Å². The van der Waals surface area contributed by atoms with Crippen molar-refractivity contribution in [3.8, 4) is 0 Å². The molecule has 1 rings (SSSR count). The lowest BCUT2D eigenvalue weighted by molar-refractivity contribution is -0.123. The number of carbonyl (C=O) groups is 2. The minimum atomic E-state index is -0.481. The van der Waals surface area contributed by atoms with Gasteiger partial charge in [-0.25, -0.2) is 4.79 Å². The Morgan fingerprint density at radius 2 is 1.85 bits per heavy atom. The third kappa shape index (κ3) is 6.40. The van der Waals surface area contributed by atoms with E-state index in [2.05, 4.69) is 12.2 Å². The fourth-order valence-corrected chi connectivity index (χ4v) is 2.60. The highest BCUT2D eigenvalue weighted by Gasteiger charge is 2.25. The largest absolute Gasteiger partial charge is 0.444 e. The molecule has 0 saturated heterocycles. The zero-order valence-corrected chi connectivity index (χ0v) is 13.3. The highest BCUT2D eigenvalue weighted by molar-refractivity contribution is 5.81. The molecule has 4 heteroatoms. The second-order valence-electron chi connectivity index (χ2n) is 6.81. The Morgan fingerprint density at radius 1 is 1.25 bits per heavy atom. The molecule has 1 N–H and O–H groups in total. The summed E-state index contributed by atoms with van der Waals surface area (Å²) in [7, 11) is 0. The van der Waals surface area contributed by atoms with E-state index in [0.717, 1.165) is 19.3 Å². The molecule has 4 nitrogen and oxygen atoms in total. The van der Waals surface area contributed by atoms with Gasteiger partial charge in [0.25, 0.3) is 0 Å². The van der Waals surface area contributed by atoms with E-state index in [1.54, 1.807) is 0 Å². The van der Waals surface area contributed by atoms with Crippen LogP contribution in [0.3, 0.4) is 0 Å². The standard InChI is InChI=1S/C16H29NO3/c1-5-12(10-14(18)13-8-6-7-9-13)11-17-15(19)20-16(2,3)4/h12-13H,5-11H2,1-4H3,(H,17,19). The van der Waals surface area contributed by atoms with Gasteiger partial charge in [0.1, 0.15) is 11.4 Å². The van der Waals surface area contributed by atoms with E-state index in [1.807, 2.05) is 20.8 Å². The van der Waals surface area contributed by atoms with Crippen molar-refractivity contribution in [1.29, 1.82) is 0 Å². The summed E-state index contributed by atoms with van der Waals surface area (Å²) < 4.78 is 5.20. The monoisotopic (exact) mass is 283 g/mol. The van der Waals surface area contributed by atoms with Crippen LogP contribution in [0, 0.1) is 11.8 Å².